The summed E-state index contributed by atoms with van der Waals surface area (Å²) in [4.78, 5) is 23.0. The summed E-state index contributed by atoms with van der Waals surface area (Å²) in [5.41, 5.74) is 2.75. The molecule has 29 heavy (non-hydrogen) atoms. The van der Waals surface area contributed by atoms with Crippen molar-refractivity contribution in [2.45, 2.75) is 0 Å². The van der Waals surface area contributed by atoms with E-state index in [2.05, 4.69) is 20.6 Å². The number of nitrogens with zero attached hydrogens (tertiary/aromatic N) is 3. The van der Waals surface area contributed by atoms with Gasteiger partial charge in [-0.2, -0.15) is 0 Å². The van der Waals surface area contributed by atoms with Crippen LogP contribution in [0.4, 0.5) is 23.0 Å². The molecule has 0 saturated heterocycles. The Morgan fingerprint density at radius 1 is 0.966 bits per heavy atom. The molecule has 0 aliphatic carbocycles. The molecule has 0 bridgehead atoms. The van der Waals surface area contributed by atoms with E-state index < -0.39 is 0 Å². The first-order chi connectivity index (χ1) is 14.1. The summed E-state index contributed by atoms with van der Waals surface area (Å²) in [6.45, 7) is 1.05. The lowest BCUT2D eigenvalue weighted by Crippen LogP contribution is -2.16. The maximum Gasteiger partial charge on any atom is 0.274 e. The number of anilines is 4. The Morgan fingerprint density at radius 3 is 2.45 bits per heavy atom. The highest BCUT2D eigenvalue weighted by atomic mass is 16.6. The number of amides is 1. The van der Waals surface area contributed by atoms with Crippen molar-refractivity contribution in [3.8, 4) is 11.5 Å². The lowest BCUT2D eigenvalue weighted by Gasteiger charge is -2.19. The van der Waals surface area contributed by atoms with Crippen LogP contribution in [0.15, 0.2) is 54.7 Å². The lowest BCUT2D eigenvalue weighted by atomic mass is 10.2. The number of hydrogen-bond donors (Lipinski definition) is 2. The van der Waals surface area contributed by atoms with Gasteiger partial charge in [0.1, 0.15) is 18.9 Å². The molecule has 148 valence electrons. The molecule has 1 amide bonds. The zero-order valence-electron chi connectivity index (χ0n) is 16.2. The molecule has 0 saturated carbocycles. The molecule has 2 N–H and O–H groups in total. The van der Waals surface area contributed by atoms with Gasteiger partial charge in [0.2, 0.25) is 5.95 Å². The minimum atomic E-state index is -0.310. The molecule has 8 heteroatoms. The number of carbonyl (C=O) groups is 1. The fraction of sp³-hybridized carbons (Fsp3) is 0.190. The van der Waals surface area contributed by atoms with Gasteiger partial charge < -0.3 is 25.0 Å². The van der Waals surface area contributed by atoms with Gasteiger partial charge in [-0.15, -0.1) is 0 Å². The first-order valence-corrected chi connectivity index (χ1v) is 9.17. The van der Waals surface area contributed by atoms with Crippen molar-refractivity contribution in [2.75, 3.05) is 42.8 Å². The minimum Gasteiger partial charge on any atom is -0.486 e. The van der Waals surface area contributed by atoms with Crippen molar-refractivity contribution in [3.05, 3.63) is 60.4 Å². The second kappa shape index (κ2) is 8.05. The van der Waals surface area contributed by atoms with Crippen LogP contribution in [-0.2, 0) is 0 Å². The third-order valence-corrected chi connectivity index (χ3v) is 4.33. The molecule has 2 aromatic carbocycles. The first-order valence-electron chi connectivity index (χ1n) is 9.17. The number of hydrogen-bond acceptors (Lipinski definition) is 7. The molecule has 0 unspecified atom stereocenters. The highest BCUT2D eigenvalue weighted by Crippen LogP contribution is 2.33. The molecule has 0 fully saturated rings. The Labute approximate surface area is 168 Å². The quantitative estimate of drug-likeness (QED) is 0.690. The fourth-order valence-corrected chi connectivity index (χ4v) is 2.83. The van der Waals surface area contributed by atoms with Crippen LogP contribution >= 0.6 is 0 Å². The van der Waals surface area contributed by atoms with Crippen molar-refractivity contribution in [1.82, 2.24) is 9.97 Å². The highest BCUT2D eigenvalue weighted by Gasteiger charge is 2.13. The summed E-state index contributed by atoms with van der Waals surface area (Å²) >= 11 is 0. The van der Waals surface area contributed by atoms with E-state index in [1.165, 1.54) is 6.20 Å². The average Bonchev–Trinajstić information content (AvgIpc) is 2.74. The number of carbonyl (C=O) groups excluding carboxylic acids is 1. The van der Waals surface area contributed by atoms with Crippen molar-refractivity contribution in [2.24, 2.45) is 0 Å². The fourth-order valence-electron chi connectivity index (χ4n) is 2.83. The SMILES string of the molecule is CN(C)c1ccc(NC(=O)c2ccnc(Nc3ccc4c(c3)OCCO4)n2)cc1. The average molecular weight is 391 g/mol. The lowest BCUT2D eigenvalue weighted by molar-refractivity contribution is 0.102. The summed E-state index contributed by atoms with van der Waals surface area (Å²) in [6.07, 6.45) is 1.54. The Hall–Kier alpha value is -3.81. The molecule has 3 aromatic rings. The van der Waals surface area contributed by atoms with Gasteiger partial charge in [0.25, 0.3) is 5.91 Å². The van der Waals surface area contributed by atoms with Crippen LogP contribution in [-0.4, -0.2) is 43.2 Å². The third kappa shape index (κ3) is 4.37. The summed E-state index contributed by atoms with van der Waals surface area (Å²) in [6, 6.07) is 14.6. The number of nitrogens with one attached hydrogen (secondary N) is 2. The number of fused-ring (bicyclic) bond motifs is 1. The zero-order valence-corrected chi connectivity index (χ0v) is 16.2. The van der Waals surface area contributed by atoms with Gasteiger partial charge in [0.15, 0.2) is 11.5 Å². The van der Waals surface area contributed by atoms with Crippen LogP contribution in [0.3, 0.4) is 0 Å². The largest absolute Gasteiger partial charge is 0.486 e. The standard InChI is InChI=1S/C21H21N5O3/c1-26(2)16-6-3-14(4-7-16)23-20(27)17-9-10-22-21(25-17)24-15-5-8-18-19(13-15)29-12-11-28-18/h3-10,13H,11-12H2,1-2H3,(H,23,27)(H,22,24,25). The first kappa shape index (κ1) is 18.5. The van der Waals surface area contributed by atoms with Crippen LogP contribution in [0.2, 0.25) is 0 Å². The van der Waals surface area contributed by atoms with E-state index in [0.717, 1.165) is 11.4 Å². The maximum absolute atomic E-state index is 12.6. The Morgan fingerprint density at radius 2 is 1.69 bits per heavy atom. The molecule has 1 aromatic heterocycles. The number of benzene rings is 2. The second-order valence-electron chi connectivity index (χ2n) is 6.64. The van der Waals surface area contributed by atoms with Crippen molar-refractivity contribution >= 4 is 28.9 Å². The van der Waals surface area contributed by atoms with Crippen molar-refractivity contribution < 1.29 is 14.3 Å². The van der Waals surface area contributed by atoms with Crippen LogP contribution in [0.25, 0.3) is 0 Å². The van der Waals surface area contributed by atoms with Gasteiger partial charge in [-0.3, -0.25) is 4.79 Å². The molecule has 4 rings (SSSR count). The van der Waals surface area contributed by atoms with Gasteiger partial charge in [-0.05, 0) is 42.5 Å². The summed E-state index contributed by atoms with van der Waals surface area (Å²) < 4.78 is 11.1. The zero-order chi connectivity index (χ0) is 20.2. The normalized spacial score (nSPS) is 12.2. The molecule has 1 aliphatic rings. The summed E-state index contributed by atoms with van der Waals surface area (Å²) in [5.74, 6) is 1.37. The Kier molecular flexibility index (Phi) is 5.15. The monoisotopic (exact) mass is 391 g/mol. The van der Waals surface area contributed by atoms with Gasteiger partial charge in [-0.1, -0.05) is 0 Å². The smallest absolute Gasteiger partial charge is 0.274 e. The Balaban J connectivity index is 1.46. The van der Waals surface area contributed by atoms with Gasteiger partial charge in [0, 0.05) is 43.4 Å². The molecular formula is C21H21N5O3. The molecule has 0 radical (unpaired) electrons. The van der Waals surface area contributed by atoms with Gasteiger partial charge >= 0.3 is 0 Å². The molecule has 8 nitrogen and oxygen atoms in total. The number of rotatable bonds is 5. The van der Waals surface area contributed by atoms with E-state index in [0.29, 0.717) is 36.3 Å². The topological polar surface area (TPSA) is 88.6 Å². The molecule has 0 spiro atoms. The van der Waals surface area contributed by atoms with E-state index in [4.69, 9.17) is 9.47 Å². The molecular weight excluding hydrogens is 370 g/mol. The van der Waals surface area contributed by atoms with Gasteiger partial charge in [-0.25, -0.2) is 9.97 Å². The van der Waals surface area contributed by atoms with Crippen molar-refractivity contribution in [1.29, 1.82) is 0 Å². The van der Waals surface area contributed by atoms with E-state index in [1.54, 1.807) is 6.07 Å². The van der Waals surface area contributed by atoms with Crippen molar-refractivity contribution in [3.63, 3.8) is 0 Å². The predicted octanol–water partition coefficient (Wildman–Crippen LogP) is 3.31. The maximum atomic E-state index is 12.6. The predicted molar refractivity (Wildman–Crippen MR) is 111 cm³/mol. The number of aromatic nitrogens is 2. The minimum absolute atomic E-state index is 0.261. The third-order valence-electron chi connectivity index (χ3n) is 4.33. The molecule has 1 aliphatic heterocycles. The summed E-state index contributed by atoms with van der Waals surface area (Å²) in [7, 11) is 3.93. The van der Waals surface area contributed by atoms with Crippen LogP contribution in [0, 0.1) is 0 Å². The van der Waals surface area contributed by atoms with E-state index in [-0.39, 0.29) is 11.6 Å². The van der Waals surface area contributed by atoms with Gasteiger partial charge in [0.05, 0.1) is 0 Å². The second-order valence-corrected chi connectivity index (χ2v) is 6.64. The number of ether oxygens (including phenoxy) is 2. The van der Waals surface area contributed by atoms with Crippen LogP contribution in [0.5, 0.6) is 11.5 Å². The summed E-state index contributed by atoms with van der Waals surface area (Å²) in [5, 5.41) is 5.93. The highest BCUT2D eigenvalue weighted by molar-refractivity contribution is 6.03. The van der Waals surface area contributed by atoms with Crippen LogP contribution in [0.1, 0.15) is 10.5 Å². The van der Waals surface area contributed by atoms with Crippen LogP contribution < -0.4 is 25.0 Å². The van der Waals surface area contributed by atoms with E-state index in [9.17, 15) is 4.79 Å². The van der Waals surface area contributed by atoms with E-state index in [1.807, 2.05) is 61.5 Å². The van der Waals surface area contributed by atoms with E-state index >= 15 is 0 Å². The molecule has 0 atom stereocenters. The Bertz CT molecular complexity index is 1020. The molecule has 2 heterocycles.